The van der Waals surface area contributed by atoms with Crippen molar-refractivity contribution in [2.45, 2.75) is 26.3 Å². The monoisotopic (exact) mass is 257 g/mol. The average Bonchev–Trinajstić information content (AvgIpc) is 2.50. The summed E-state index contributed by atoms with van der Waals surface area (Å²) in [5, 5.41) is 3.41. The van der Waals surface area contributed by atoms with Crippen LogP contribution < -0.4 is 5.32 Å². The van der Waals surface area contributed by atoms with Gasteiger partial charge in [0.15, 0.2) is 4.67 Å². The van der Waals surface area contributed by atoms with Crippen LogP contribution >= 0.6 is 15.9 Å². The van der Waals surface area contributed by atoms with Gasteiger partial charge in [0.2, 0.25) is 0 Å². The zero-order chi connectivity index (χ0) is 10.6. The largest absolute Gasteiger partial charge is 0.457 e. The quantitative estimate of drug-likeness (QED) is 0.815. The highest BCUT2D eigenvalue weighted by molar-refractivity contribution is 9.10. The van der Waals surface area contributed by atoms with Crippen molar-refractivity contribution < 1.29 is 4.42 Å². The third-order valence-electron chi connectivity index (χ3n) is 2.02. The van der Waals surface area contributed by atoms with Gasteiger partial charge in [-0.3, -0.25) is 0 Å². The van der Waals surface area contributed by atoms with Crippen LogP contribution in [0.25, 0.3) is 0 Å². The minimum Gasteiger partial charge on any atom is -0.457 e. The van der Waals surface area contributed by atoms with Crippen LogP contribution in [0, 0.1) is 0 Å². The summed E-state index contributed by atoms with van der Waals surface area (Å²) in [5.74, 6) is 0. The highest BCUT2D eigenvalue weighted by atomic mass is 79.9. The Bertz CT molecular complexity index is 306. The van der Waals surface area contributed by atoms with E-state index in [9.17, 15) is 0 Å². The standard InChI is InChI=1S/C11H16BrNO/c1-4-13-10(7-8(2)3)9-5-6-14-11(9)12/h5-6,10,13H,2,4,7H2,1,3H3. The van der Waals surface area contributed by atoms with E-state index < -0.39 is 0 Å². The molecule has 0 saturated carbocycles. The van der Waals surface area contributed by atoms with Gasteiger partial charge in [-0.1, -0.05) is 12.5 Å². The van der Waals surface area contributed by atoms with E-state index in [1.54, 1.807) is 6.26 Å². The van der Waals surface area contributed by atoms with Crippen molar-refractivity contribution in [2.75, 3.05) is 6.54 Å². The molecule has 1 N–H and O–H groups in total. The van der Waals surface area contributed by atoms with Crippen LogP contribution in [0.5, 0.6) is 0 Å². The number of nitrogens with one attached hydrogen (secondary N) is 1. The minimum absolute atomic E-state index is 0.297. The second-order valence-corrected chi connectivity index (χ2v) is 4.14. The number of halogens is 1. The molecule has 1 atom stereocenters. The average molecular weight is 258 g/mol. The van der Waals surface area contributed by atoms with Gasteiger partial charge in [0.1, 0.15) is 0 Å². The zero-order valence-electron chi connectivity index (χ0n) is 8.64. The van der Waals surface area contributed by atoms with Gasteiger partial charge < -0.3 is 9.73 Å². The molecule has 0 fully saturated rings. The Hall–Kier alpha value is -0.540. The van der Waals surface area contributed by atoms with Crippen molar-refractivity contribution in [3.8, 4) is 0 Å². The van der Waals surface area contributed by atoms with Gasteiger partial charge in [-0.2, -0.15) is 0 Å². The molecule has 0 radical (unpaired) electrons. The van der Waals surface area contributed by atoms with Gasteiger partial charge in [0.05, 0.1) is 6.26 Å². The third-order valence-corrected chi connectivity index (χ3v) is 2.67. The van der Waals surface area contributed by atoms with Crippen LogP contribution in [0.4, 0.5) is 0 Å². The zero-order valence-corrected chi connectivity index (χ0v) is 10.2. The van der Waals surface area contributed by atoms with E-state index in [1.165, 1.54) is 5.57 Å². The molecule has 78 valence electrons. The Morgan fingerprint density at radius 1 is 1.71 bits per heavy atom. The number of hydrogen-bond acceptors (Lipinski definition) is 2. The summed E-state index contributed by atoms with van der Waals surface area (Å²) >= 11 is 3.39. The van der Waals surface area contributed by atoms with Crippen molar-refractivity contribution in [3.63, 3.8) is 0 Å². The molecule has 1 aromatic heterocycles. The van der Waals surface area contributed by atoms with E-state index in [-0.39, 0.29) is 0 Å². The first-order valence-corrected chi connectivity index (χ1v) is 5.55. The van der Waals surface area contributed by atoms with E-state index >= 15 is 0 Å². The molecular weight excluding hydrogens is 242 g/mol. The lowest BCUT2D eigenvalue weighted by atomic mass is 10.0. The first kappa shape index (κ1) is 11.5. The van der Waals surface area contributed by atoms with E-state index in [4.69, 9.17) is 4.42 Å². The maximum Gasteiger partial charge on any atom is 0.173 e. The van der Waals surface area contributed by atoms with Crippen molar-refractivity contribution in [3.05, 3.63) is 34.7 Å². The van der Waals surface area contributed by atoms with Crippen LogP contribution in [0.2, 0.25) is 0 Å². The minimum atomic E-state index is 0.297. The molecule has 1 aromatic rings. The van der Waals surface area contributed by atoms with Gasteiger partial charge >= 0.3 is 0 Å². The van der Waals surface area contributed by atoms with Crippen molar-refractivity contribution in [2.24, 2.45) is 0 Å². The van der Waals surface area contributed by atoms with Crippen molar-refractivity contribution in [1.82, 2.24) is 5.32 Å². The summed E-state index contributed by atoms with van der Waals surface area (Å²) in [4.78, 5) is 0. The Labute approximate surface area is 93.5 Å². The summed E-state index contributed by atoms with van der Waals surface area (Å²) in [6.45, 7) is 9.01. The molecule has 1 heterocycles. The molecule has 0 aliphatic carbocycles. The normalized spacial score (nSPS) is 12.8. The topological polar surface area (TPSA) is 25.2 Å². The summed E-state index contributed by atoms with van der Waals surface area (Å²) in [5.41, 5.74) is 2.33. The molecule has 2 nitrogen and oxygen atoms in total. The summed E-state index contributed by atoms with van der Waals surface area (Å²) in [6, 6.07) is 2.28. The fraction of sp³-hybridized carbons (Fsp3) is 0.455. The van der Waals surface area contributed by atoms with E-state index in [1.807, 2.05) is 13.0 Å². The molecule has 0 spiro atoms. The predicted molar refractivity (Wildman–Crippen MR) is 62.3 cm³/mol. The lowest BCUT2D eigenvalue weighted by Crippen LogP contribution is -2.20. The maximum atomic E-state index is 5.22. The van der Waals surface area contributed by atoms with Crippen LogP contribution in [0.1, 0.15) is 31.9 Å². The molecule has 3 heteroatoms. The molecule has 0 bridgehead atoms. The van der Waals surface area contributed by atoms with Crippen LogP contribution in [0.15, 0.2) is 33.6 Å². The molecule has 0 amide bonds. The first-order valence-electron chi connectivity index (χ1n) is 4.75. The van der Waals surface area contributed by atoms with Crippen LogP contribution in [0.3, 0.4) is 0 Å². The number of furan rings is 1. The maximum absolute atomic E-state index is 5.22. The molecular formula is C11H16BrNO. The molecule has 14 heavy (non-hydrogen) atoms. The van der Waals surface area contributed by atoms with Gasteiger partial charge in [-0.25, -0.2) is 0 Å². The highest BCUT2D eigenvalue weighted by Crippen LogP contribution is 2.28. The van der Waals surface area contributed by atoms with E-state index in [2.05, 4.69) is 34.7 Å². The van der Waals surface area contributed by atoms with Crippen LogP contribution in [-0.4, -0.2) is 6.54 Å². The third kappa shape index (κ3) is 3.00. The summed E-state index contributed by atoms with van der Waals surface area (Å²) < 4.78 is 6.03. The predicted octanol–water partition coefficient (Wildman–Crippen LogP) is 3.66. The first-order chi connectivity index (χ1) is 6.65. The molecule has 0 aliphatic heterocycles. The van der Waals surface area contributed by atoms with Crippen LogP contribution in [-0.2, 0) is 0 Å². The molecule has 1 unspecified atom stereocenters. The smallest absolute Gasteiger partial charge is 0.173 e. The molecule has 1 rings (SSSR count). The second-order valence-electron chi connectivity index (χ2n) is 3.42. The van der Waals surface area contributed by atoms with E-state index in [0.717, 1.165) is 23.2 Å². The van der Waals surface area contributed by atoms with Gasteiger partial charge in [0.25, 0.3) is 0 Å². The Morgan fingerprint density at radius 3 is 2.86 bits per heavy atom. The highest BCUT2D eigenvalue weighted by Gasteiger charge is 2.15. The lowest BCUT2D eigenvalue weighted by molar-refractivity contribution is 0.506. The Balaban J connectivity index is 2.77. The van der Waals surface area contributed by atoms with Crippen molar-refractivity contribution >= 4 is 15.9 Å². The summed E-state index contributed by atoms with van der Waals surface area (Å²) in [6.07, 6.45) is 2.63. The molecule has 0 aliphatic rings. The van der Waals surface area contributed by atoms with E-state index in [0.29, 0.717) is 6.04 Å². The fourth-order valence-corrected chi connectivity index (χ4v) is 1.96. The summed E-state index contributed by atoms with van der Waals surface area (Å²) in [7, 11) is 0. The van der Waals surface area contributed by atoms with Gasteiger partial charge in [0, 0.05) is 11.6 Å². The fourth-order valence-electron chi connectivity index (χ4n) is 1.44. The van der Waals surface area contributed by atoms with Gasteiger partial charge in [-0.05, 0) is 41.9 Å². The lowest BCUT2D eigenvalue weighted by Gasteiger charge is -2.16. The second kappa shape index (κ2) is 5.37. The van der Waals surface area contributed by atoms with Gasteiger partial charge in [-0.15, -0.1) is 6.58 Å². The van der Waals surface area contributed by atoms with Crippen molar-refractivity contribution in [1.29, 1.82) is 0 Å². The number of rotatable bonds is 5. The SMILES string of the molecule is C=C(C)CC(NCC)c1ccoc1Br. The Morgan fingerprint density at radius 2 is 2.43 bits per heavy atom. The number of hydrogen-bond donors (Lipinski definition) is 1. The molecule has 0 aromatic carbocycles. The Kier molecular flexibility index (Phi) is 4.42. The molecule has 0 saturated heterocycles.